The molecule has 3 aliphatic rings. The van der Waals surface area contributed by atoms with Gasteiger partial charge in [0.2, 0.25) is 0 Å². The van der Waals surface area contributed by atoms with Gasteiger partial charge in [0.25, 0.3) is 0 Å². The summed E-state index contributed by atoms with van der Waals surface area (Å²) in [5.41, 5.74) is 6.84. The van der Waals surface area contributed by atoms with E-state index in [-0.39, 0.29) is 0 Å². The van der Waals surface area contributed by atoms with Gasteiger partial charge in [-0.3, -0.25) is 0 Å². The van der Waals surface area contributed by atoms with Crippen LogP contribution in [-0.2, 0) is 6.42 Å². The second-order valence-electron chi connectivity index (χ2n) is 7.55. The van der Waals surface area contributed by atoms with Crippen molar-refractivity contribution in [2.75, 3.05) is 40.8 Å². The summed E-state index contributed by atoms with van der Waals surface area (Å²) in [6, 6.07) is 5.61. The van der Waals surface area contributed by atoms with Crippen molar-refractivity contribution in [3.8, 4) is 0 Å². The number of likely N-dealkylation sites (N-methyl/N-ethyl adjacent to an activating group) is 1. The standard InChI is InChI=1S/C22H31N3S.C2H6.CH5N/c1-6-7-10-21-11-12-22(26-21)18(3)24-15-19-14-20(16-24)25(19)17(2)9-8-13-23(4)5;2*1-2/h6,8-9,11-12,19-20H,1-3,7,10,13-16H2,4-5H3;1-2H3;2H2,1H3/b9-8+;;. The Labute approximate surface area is 189 Å². The highest BCUT2D eigenvalue weighted by Crippen LogP contribution is 2.39. The SMILES string of the molecule is C=CCCc1ccc(C(=C)N2CC3CC(C2)N3C(=C)/C=C/CN(C)C)s1.CC.CN. The van der Waals surface area contributed by atoms with E-state index >= 15 is 0 Å². The topological polar surface area (TPSA) is 35.7 Å². The van der Waals surface area contributed by atoms with Crippen LogP contribution in [0.4, 0.5) is 0 Å². The van der Waals surface area contributed by atoms with Crippen LogP contribution in [0.1, 0.15) is 36.4 Å². The normalized spacial score (nSPS) is 19.4. The maximum absolute atomic E-state index is 4.50. The molecule has 3 fully saturated rings. The van der Waals surface area contributed by atoms with Crippen molar-refractivity contribution in [1.29, 1.82) is 0 Å². The first kappa shape index (κ1) is 26.2. The average Bonchev–Trinajstić information content (AvgIpc) is 3.23. The van der Waals surface area contributed by atoms with Crippen LogP contribution >= 0.6 is 11.3 Å². The Balaban J connectivity index is 0.00000106. The zero-order valence-electron chi connectivity index (χ0n) is 19.7. The first-order valence-electron chi connectivity index (χ1n) is 11.0. The Morgan fingerprint density at radius 3 is 2.40 bits per heavy atom. The second-order valence-corrected chi connectivity index (χ2v) is 8.72. The van der Waals surface area contributed by atoms with E-state index in [1.54, 1.807) is 0 Å². The van der Waals surface area contributed by atoms with Crippen molar-refractivity contribution >= 4 is 17.0 Å². The van der Waals surface area contributed by atoms with Gasteiger partial charge in [-0.25, -0.2) is 0 Å². The van der Waals surface area contributed by atoms with Gasteiger partial charge in [0.05, 0.1) is 4.88 Å². The Bertz CT molecular complexity index is 692. The molecule has 0 spiro atoms. The number of piperidine rings is 1. The molecule has 5 heteroatoms. The molecule has 2 N–H and O–H groups in total. The summed E-state index contributed by atoms with van der Waals surface area (Å²) in [5, 5.41) is 0. The van der Waals surface area contributed by atoms with E-state index in [0.717, 1.165) is 38.2 Å². The van der Waals surface area contributed by atoms with Crippen molar-refractivity contribution in [2.45, 2.75) is 45.2 Å². The summed E-state index contributed by atoms with van der Waals surface area (Å²) >= 11 is 1.88. The third-order valence-electron chi connectivity index (χ3n) is 5.23. The van der Waals surface area contributed by atoms with Crippen LogP contribution in [-0.4, -0.2) is 67.6 Å². The van der Waals surface area contributed by atoms with Crippen LogP contribution in [0, 0.1) is 0 Å². The number of hydrogen-bond donors (Lipinski definition) is 1. The van der Waals surface area contributed by atoms with Crippen LogP contribution in [0.2, 0.25) is 0 Å². The van der Waals surface area contributed by atoms with E-state index in [1.165, 1.54) is 28.9 Å². The highest BCUT2D eigenvalue weighted by atomic mass is 32.1. The molecule has 168 valence electrons. The molecule has 0 aromatic carbocycles. The number of aryl methyl sites for hydroxylation is 1. The quantitative estimate of drug-likeness (QED) is 0.450. The van der Waals surface area contributed by atoms with Crippen LogP contribution in [0.25, 0.3) is 5.70 Å². The van der Waals surface area contributed by atoms with Gasteiger partial charge in [-0.05, 0) is 58.6 Å². The predicted molar refractivity (Wildman–Crippen MR) is 136 cm³/mol. The minimum atomic E-state index is 0.571. The number of fused-ring (bicyclic) bond motifs is 2. The van der Waals surface area contributed by atoms with Crippen molar-refractivity contribution in [3.05, 3.63) is 65.5 Å². The molecule has 3 aliphatic heterocycles. The summed E-state index contributed by atoms with van der Waals surface area (Å²) in [4.78, 5) is 9.86. The Hall–Kier alpha value is -1.82. The van der Waals surface area contributed by atoms with Crippen molar-refractivity contribution in [3.63, 3.8) is 0 Å². The monoisotopic (exact) mass is 430 g/mol. The summed E-state index contributed by atoms with van der Waals surface area (Å²) in [6.07, 6.45) is 9.76. The fourth-order valence-corrected chi connectivity index (χ4v) is 4.87. The van der Waals surface area contributed by atoms with Gasteiger partial charge in [-0.15, -0.1) is 17.9 Å². The third kappa shape index (κ3) is 6.86. The summed E-state index contributed by atoms with van der Waals surface area (Å²) in [7, 11) is 5.67. The smallest absolute Gasteiger partial charge is 0.0500 e. The van der Waals surface area contributed by atoms with E-state index < -0.39 is 0 Å². The Morgan fingerprint density at radius 1 is 1.20 bits per heavy atom. The van der Waals surface area contributed by atoms with E-state index in [9.17, 15) is 0 Å². The number of hydrogen-bond acceptors (Lipinski definition) is 5. The maximum Gasteiger partial charge on any atom is 0.0500 e. The van der Waals surface area contributed by atoms with Gasteiger partial charge in [0.1, 0.15) is 0 Å². The number of allylic oxidation sites excluding steroid dienone is 2. The molecule has 4 rings (SSSR count). The van der Waals surface area contributed by atoms with Gasteiger partial charge < -0.3 is 20.4 Å². The molecule has 2 unspecified atom stereocenters. The van der Waals surface area contributed by atoms with E-state index in [4.69, 9.17) is 0 Å². The fraction of sp³-hybridized carbons (Fsp3) is 0.520. The number of nitrogens with two attached hydrogens (primary N) is 1. The number of thiophene rings is 1. The van der Waals surface area contributed by atoms with E-state index in [2.05, 4.69) is 78.6 Å². The molecule has 1 aromatic heterocycles. The maximum atomic E-state index is 4.50. The minimum absolute atomic E-state index is 0.571. The van der Waals surface area contributed by atoms with Crippen molar-refractivity contribution in [2.24, 2.45) is 5.73 Å². The molecule has 1 aromatic rings. The first-order chi connectivity index (χ1) is 14.5. The molecule has 4 nitrogen and oxygen atoms in total. The lowest BCUT2D eigenvalue weighted by molar-refractivity contribution is -0.0186. The molecule has 3 saturated heterocycles. The molecule has 0 aliphatic carbocycles. The molecular formula is C25H42N4S. The average molecular weight is 431 g/mol. The third-order valence-corrected chi connectivity index (χ3v) is 6.42. The molecule has 0 amide bonds. The molecule has 4 heterocycles. The number of nitrogens with zero attached hydrogens (tertiary/aromatic N) is 3. The van der Waals surface area contributed by atoms with Gasteiger partial charge in [-0.1, -0.05) is 39.2 Å². The number of piperazine rings is 1. The van der Waals surface area contributed by atoms with E-state index in [0.29, 0.717) is 12.1 Å². The Morgan fingerprint density at radius 2 is 1.83 bits per heavy atom. The summed E-state index contributed by atoms with van der Waals surface area (Å²) in [6.45, 7) is 19.6. The molecule has 30 heavy (non-hydrogen) atoms. The first-order valence-corrected chi connectivity index (χ1v) is 11.8. The van der Waals surface area contributed by atoms with Crippen LogP contribution in [0.3, 0.4) is 0 Å². The minimum Gasteiger partial charge on any atom is -0.367 e. The van der Waals surface area contributed by atoms with Gasteiger partial charge in [0.15, 0.2) is 0 Å². The Kier molecular flexibility index (Phi) is 11.8. The zero-order chi connectivity index (χ0) is 22.7. The molecule has 2 atom stereocenters. The highest BCUT2D eigenvalue weighted by molar-refractivity contribution is 7.13. The fourth-order valence-electron chi connectivity index (χ4n) is 3.85. The van der Waals surface area contributed by atoms with Gasteiger partial charge in [-0.2, -0.15) is 0 Å². The summed E-state index contributed by atoms with van der Waals surface area (Å²) < 4.78 is 0. The van der Waals surface area contributed by atoms with Gasteiger partial charge >= 0.3 is 0 Å². The van der Waals surface area contributed by atoms with Crippen LogP contribution in [0.15, 0.2) is 55.8 Å². The highest BCUT2D eigenvalue weighted by Gasteiger charge is 2.45. The molecule has 2 bridgehead atoms. The molecule has 0 radical (unpaired) electrons. The van der Waals surface area contributed by atoms with Crippen molar-refractivity contribution in [1.82, 2.24) is 14.7 Å². The van der Waals surface area contributed by atoms with Gasteiger partial charge in [0, 0.05) is 48.0 Å². The van der Waals surface area contributed by atoms with Crippen LogP contribution < -0.4 is 5.73 Å². The lowest BCUT2D eigenvalue weighted by Gasteiger charge is -2.58. The molecule has 0 saturated carbocycles. The van der Waals surface area contributed by atoms with E-state index in [1.807, 2.05) is 31.3 Å². The summed E-state index contributed by atoms with van der Waals surface area (Å²) in [5.74, 6) is 0. The molecular weight excluding hydrogens is 388 g/mol. The second kappa shape index (κ2) is 13.5. The lowest BCUT2D eigenvalue weighted by atomic mass is 9.86. The predicted octanol–water partition coefficient (Wildman–Crippen LogP) is 4.83. The van der Waals surface area contributed by atoms with Crippen LogP contribution in [0.5, 0.6) is 0 Å². The number of rotatable bonds is 9. The van der Waals surface area contributed by atoms with Crippen molar-refractivity contribution < 1.29 is 0 Å². The largest absolute Gasteiger partial charge is 0.367 e. The lowest BCUT2D eigenvalue weighted by Crippen LogP contribution is -2.67. The zero-order valence-corrected chi connectivity index (χ0v) is 20.5.